The molecule has 2 fully saturated rings. The van der Waals surface area contributed by atoms with Crippen LogP contribution in [0.4, 0.5) is 0 Å². The van der Waals surface area contributed by atoms with Gasteiger partial charge >= 0.3 is 0 Å². The molecule has 0 saturated carbocycles. The number of allylic oxidation sites excluding steroid dienone is 1. The smallest absolute Gasteiger partial charge is 0.124 e. The van der Waals surface area contributed by atoms with Gasteiger partial charge in [0.15, 0.2) is 0 Å². The van der Waals surface area contributed by atoms with Crippen LogP contribution in [-0.2, 0) is 6.54 Å². The minimum atomic E-state index is 0.135. The fourth-order valence-corrected chi connectivity index (χ4v) is 4.31. The van der Waals surface area contributed by atoms with E-state index in [0.29, 0.717) is 23.3 Å². The summed E-state index contributed by atoms with van der Waals surface area (Å²) >= 11 is 0. The van der Waals surface area contributed by atoms with Crippen molar-refractivity contribution in [3.8, 4) is 5.75 Å². The summed E-state index contributed by atoms with van der Waals surface area (Å²) in [5.74, 6) is 0.371. The summed E-state index contributed by atoms with van der Waals surface area (Å²) in [4.78, 5) is 4.75. The molecule has 2 unspecified atom stereocenters. The number of hydrogen-bond donors (Lipinski definition) is 5. The number of nitrogens with one attached hydrogen (secondary N) is 1. The molecule has 0 aliphatic carbocycles. The van der Waals surface area contributed by atoms with Crippen molar-refractivity contribution in [2.24, 2.45) is 17.2 Å². The number of benzene rings is 1. The number of likely N-dealkylation sites (tertiary alicyclic amines) is 1. The van der Waals surface area contributed by atoms with Crippen molar-refractivity contribution in [1.82, 2.24) is 20.0 Å². The monoisotopic (exact) mass is 381 g/mol. The van der Waals surface area contributed by atoms with Gasteiger partial charge in [-0.1, -0.05) is 12.1 Å². The van der Waals surface area contributed by atoms with E-state index in [-0.39, 0.29) is 11.6 Å². The first-order chi connectivity index (χ1) is 13.5. The van der Waals surface area contributed by atoms with Gasteiger partial charge in [-0.2, -0.15) is 5.10 Å². The fraction of sp³-hybridized carbons (Fsp3) is 0.350. The van der Waals surface area contributed by atoms with Crippen molar-refractivity contribution in [2.45, 2.75) is 31.5 Å². The second kappa shape index (κ2) is 7.47. The molecule has 0 spiro atoms. The number of aromatic hydroxyl groups is 1. The highest BCUT2D eigenvalue weighted by Crippen LogP contribution is 2.34. The van der Waals surface area contributed by atoms with Gasteiger partial charge in [0.05, 0.1) is 5.70 Å². The average Bonchev–Trinajstić information content (AvgIpc) is 3.25. The largest absolute Gasteiger partial charge is 0.507 e. The summed E-state index contributed by atoms with van der Waals surface area (Å²) in [6.45, 7) is 2.54. The molecule has 2 atom stereocenters. The van der Waals surface area contributed by atoms with Crippen molar-refractivity contribution in [3.63, 3.8) is 0 Å². The van der Waals surface area contributed by atoms with E-state index < -0.39 is 0 Å². The molecule has 3 heterocycles. The van der Waals surface area contributed by atoms with Crippen LogP contribution < -0.4 is 17.2 Å². The molecule has 2 aliphatic heterocycles. The number of piperazine rings is 1. The van der Waals surface area contributed by atoms with Crippen LogP contribution >= 0.6 is 0 Å². The lowest BCUT2D eigenvalue weighted by Crippen LogP contribution is -2.53. The van der Waals surface area contributed by atoms with E-state index >= 15 is 0 Å². The standard InChI is InChI=1S/C20H27N7O/c21-17(16-3-1-2-4-19(16)28)9-18(20(22)23)26-11-14-5-6-15(12-26)27(14)10-13-7-8-24-25-13/h1-4,7-9,14-15,28H,5-6,10-12,21-23H2,(H,24,25)/b17-9-. The second-order valence-corrected chi connectivity index (χ2v) is 7.50. The molecule has 2 aromatic rings. The van der Waals surface area contributed by atoms with Gasteiger partial charge in [-0.3, -0.25) is 10.00 Å². The number of H-pyrrole nitrogens is 1. The Balaban J connectivity index is 1.54. The highest BCUT2D eigenvalue weighted by Gasteiger charge is 2.40. The molecular formula is C20H27N7O. The van der Waals surface area contributed by atoms with Gasteiger partial charge in [0.25, 0.3) is 0 Å². The number of nitrogens with zero attached hydrogens (tertiary/aromatic N) is 3. The Morgan fingerprint density at radius 3 is 2.46 bits per heavy atom. The van der Waals surface area contributed by atoms with E-state index in [9.17, 15) is 5.11 Å². The maximum absolute atomic E-state index is 10.1. The van der Waals surface area contributed by atoms with E-state index in [2.05, 4.69) is 20.0 Å². The number of aromatic nitrogens is 2. The van der Waals surface area contributed by atoms with E-state index in [1.165, 1.54) is 0 Å². The van der Waals surface area contributed by atoms with Crippen LogP contribution in [0.2, 0.25) is 0 Å². The topological polar surface area (TPSA) is 133 Å². The number of rotatable bonds is 5. The summed E-state index contributed by atoms with van der Waals surface area (Å²) in [7, 11) is 0. The quantitative estimate of drug-likeness (QED) is 0.485. The first-order valence-corrected chi connectivity index (χ1v) is 9.52. The molecule has 8 heteroatoms. The van der Waals surface area contributed by atoms with E-state index in [4.69, 9.17) is 17.2 Å². The lowest BCUT2D eigenvalue weighted by molar-refractivity contribution is 0.0801. The molecule has 2 aliphatic rings. The Hall–Kier alpha value is -3.13. The zero-order chi connectivity index (χ0) is 19.7. The molecule has 28 heavy (non-hydrogen) atoms. The summed E-state index contributed by atoms with van der Waals surface area (Å²) in [6.07, 6.45) is 5.85. The zero-order valence-electron chi connectivity index (χ0n) is 15.8. The SMILES string of the molecule is NC(N)=C(/C=C(\N)c1ccccc1O)N1CC2CCC(C1)N2Cc1ccn[nH]1. The third-order valence-corrected chi connectivity index (χ3v) is 5.69. The first-order valence-electron chi connectivity index (χ1n) is 9.52. The van der Waals surface area contributed by atoms with Gasteiger partial charge in [0, 0.05) is 54.9 Å². The van der Waals surface area contributed by atoms with Gasteiger partial charge in [-0.15, -0.1) is 0 Å². The zero-order valence-corrected chi connectivity index (χ0v) is 15.8. The summed E-state index contributed by atoms with van der Waals surface area (Å²) in [5, 5.41) is 17.2. The van der Waals surface area contributed by atoms with Crippen LogP contribution in [0.1, 0.15) is 24.1 Å². The molecule has 1 aromatic heterocycles. The number of fused-ring (bicyclic) bond motifs is 2. The number of nitrogens with two attached hydrogens (primary N) is 3. The normalized spacial score (nSPS) is 22.4. The first kappa shape index (κ1) is 18.2. The van der Waals surface area contributed by atoms with Crippen LogP contribution in [0.15, 0.2) is 54.1 Å². The van der Waals surface area contributed by atoms with Gasteiger partial charge in [-0.25, -0.2) is 0 Å². The Labute approximate surface area is 164 Å². The minimum Gasteiger partial charge on any atom is -0.507 e. The fourth-order valence-electron chi connectivity index (χ4n) is 4.31. The van der Waals surface area contributed by atoms with Gasteiger partial charge < -0.3 is 27.2 Å². The van der Waals surface area contributed by atoms with E-state index in [1.54, 1.807) is 30.5 Å². The predicted octanol–water partition coefficient (Wildman–Crippen LogP) is 0.850. The van der Waals surface area contributed by atoms with Crippen molar-refractivity contribution < 1.29 is 5.11 Å². The Kier molecular flexibility index (Phi) is 4.87. The summed E-state index contributed by atoms with van der Waals surface area (Å²) < 4.78 is 0. The molecular weight excluding hydrogens is 354 g/mol. The highest BCUT2D eigenvalue weighted by molar-refractivity contribution is 5.69. The predicted molar refractivity (Wildman–Crippen MR) is 108 cm³/mol. The molecule has 4 rings (SSSR count). The van der Waals surface area contributed by atoms with Gasteiger partial charge in [0.1, 0.15) is 11.6 Å². The van der Waals surface area contributed by atoms with Crippen LogP contribution in [0.3, 0.4) is 0 Å². The molecule has 148 valence electrons. The Bertz CT molecular complexity index is 872. The lowest BCUT2D eigenvalue weighted by Gasteiger charge is -2.42. The van der Waals surface area contributed by atoms with E-state index in [1.807, 2.05) is 12.1 Å². The molecule has 0 radical (unpaired) electrons. The summed E-state index contributed by atoms with van der Waals surface area (Å²) in [6, 6.07) is 9.85. The van der Waals surface area contributed by atoms with Crippen molar-refractivity contribution >= 4 is 5.70 Å². The highest BCUT2D eigenvalue weighted by atomic mass is 16.3. The summed E-state index contributed by atoms with van der Waals surface area (Å²) in [5.41, 5.74) is 21.1. The number of phenols is 1. The number of phenolic OH excluding ortho intramolecular Hbond substituents is 1. The second-order valence-electron chi connectivity index (χ2n) is 7.50. The number of hydrogen-bond acceptors (Lipinski definition) is 7. The molecule has 2 saturated heterocycles. The molecule has 8 nitrogen and oxygen atoms in total. The molecule has 2 bridgehead atoms. The van der Waals surface area contributed by atoms with Crippen molar-refractivity contribution in [2.75, 3.05) is 13.1 Å². The Morgan fingerprint density at radius 2 is 1.86 bits per heavy atom. The van der Waals surface area contributed by atoms with Gasteiger partial charge in [0.2, 0.25) is 0 Å². The van der Waals surface area contributed by atoms with E-state index in [0.717, 1.165) is 43.9 Å². The third-order valence-electron chi connectivity index (χ3n) is 5.69. The average molecular weight is 381 g/mol. The lowest BCUT2D eigenvalue weighted by atomic mass is 10.1. The third kappa shape index (κ3) is 3.50. The Morgan fingerprint density at radius 1 is 1.14 bits per heavy atom. The maximum atomic E-state index is 10.1. The van der Waals surface area contributed by atoms with Crippen LogP contribution in [0.5, 0.6) is 5.75 Å². The maximum Gasteiger partial charge on any atom is 0.124 e. The van der Waals surface area contributed by atoms with Crippen molar-refractivity contribution in [3.05, 3.63) is 65.4 Å². The van der Waals surface area contributed by atoms with Crippen LogP contribution in [-0.4, -0.2) is 50.3 Å². The number of aromatic amines is 1. The van der Waals surface area contributed by atoms with Gasteiger partial charge in [-0.05, 0) is 37.1 Å². The molecule has 8 N–H and O–H groups in total. The molecule has 1 aromatic carbocycles. The number of para-hydroxylation sites is 1. The minimum absolute atomic E-state index is 0.135. The van der Waals surface area contributed by atoms with Crippen LogP contribution in [0, 0.1) is 0 Å². The van der Waals surface area contributed by atoms with Crippen molar-refractivity contribution in [1.29, 1.82) is 0 Å². The van der Waals surface area contributed by atoms with Crippen LogP contribution in [0.25, 0.3) is 5.70 Å². The molecule has 0 amide bonds.